The van der Waals surface area contributed by atoms with E-state index in [4.69, 9.17) is 16.3 Å². The number of ether oxygens (including phenoxy) is 1. The zero-order chi connectivity index (χ0) is 35.8. The van der Waals surface area contributed by atoms with Gasteiger partial charge in [0.05, 0.1) is 36.1 Å². The van der Waals surface area contributed by atoms with E-state index in [1.165, 1.54) is 16.0 Å². The minimum atomic E-state index is -4.06. The fraction of sp³-hybridized carbons (Fsp3) is 0.568. The maximum absolute atomic E-state index is 13.5. The van der Waals surface area contributed by atoms with Crippen molar-refractivity contribution in [2.24, 2.45) is 22.9 Å². The fourth-order valence-corrected chi connectivity index (χ4v) is 9.74. The number of allylic oxidation sites excluding steroid dienone is 1. The Morgan fingerprint density at radius 3 is 2.74 bits per heavy atom. The van der Waals surface area contributed by atoms with E-state index in [0.29, 0.717) is 49.0 Å². The Hall–Kier alpha value is -3.48. The van der Waals surface area contributed by atoms with Gasteiger partial charge in [-0.05, 0) is 105 Å². The Bertz CT molecular complexity index is 1790. The maximum Gasteiger partial charge on any atom is 0.264 e. The molecule has 1 fully saturated rings. The molecule has 1 spiro atoms. The molecule has 0 unspecified atom stereocenters. The Balaban J connectivity index is 1.43. The minimum absolute atomic E-state index is 0.00205. The van der Waals surface area contributed by atoms with E-state index in [-0.39, 0.29) is 48.2 Å². The van der Waals surface area contributed by atoms with Crippen LogP contribution in [0.25, 0.3) is 0 Å². The molecule has 2 heterocycles. The van der Waals surface area contributed by atoms with Gasteiger partial charge in [-0.25, -0.2) is 13.1 Å². The topological polar surface area (TPSA) is 146 Å². The Labute approximate surface area is 299 Å². The van der Waals surface area contributed by atoms with Gasteiger partial charge in [0.2, 0.25) is 15.9 Å². The van der Waals surface area contributed by atoms with Gasteiger partial charge in [-0.2, -0.15) is 4.91 Å². The molecular weight excluding hydrogens is 680 g/mol. The Morgan fingerprint density at radius 2 is 2.00 bits per heavy atom. The quantitative estimate of drug-likeness (QED) is 0.315. The van der Waals surface area contributed by atoms with Crippen LogP contribution in [0.4, 0.5) is 5.69 Å². The lowest BCUT2D eigenvalue weighted by atomic mass is 9.63. The number of nitrogens with zero attached hydrogens (tertiary/aromatic N) is 3. The van der Waals surface area contributed by atoms with E-state index in [0.717, 1.165) is 25.7 Å². The number of carbonyl (C=O) groups is 2. The van der Waals surface area contributed by atoms with E-state index in [1.54, 1.807) is 51.2 Å². The monoisotopic (exact) mass is 726 g/mol. The zero-order valence-electron chi connectivity index (χ0n) is 28.9. The van der Waals surface area contributed by atoms with E-state index in [1.807, 2.05) is 12.1 Å². The summed E-state index contributed by atoms with van der Waals surface area (Å²) >= 11 is 6.43. The molecular formula is C37H47ClN4O7S. The van der Waals surface area contributed by atoms with Gasteiger partial charge in [0.25, 0.3) is 5.91 Å². The van der Waals surface area contributed by atoms with Crippen molar-refractivity contribution in [1.82, 2.24) is 9.62 Å². The molecule has 6 atom stereocenters. The highest BCUT2D eigenvalue weighted by molar-refractivity contribution is 7.90. The SMILES string of the molecule is C[C@@H]1[C@@H](C)C/C=C/[C@](O)(CC(=O)N(C)CCN=O)[C@@H]2CC[C@H]2CN2C[C@@]3(CCCc4cc(Cl)ccc43)COc3ccc(cc32)C(=O)NS1(=O)=O. The predicted molar refractivity (Wildman–Crippen MR) is 193 cm³/mol. The van der Waals surface area contributed by atoms with Gasteiger partial charge in [-0.1, -0.05) is 41.9 Å². The van der Waals surface area contributed by atoms with Crippen LogP contribution < -0.4 is 14.4 Å². The molecule has 6 rings (SSSR count). The molecule has 2 amide bonds. The number of nitroso groups, excluding NO2 is 1. The summed E-state index contributed by atoms with van der Waals surface area (Å²) in [6.45, 7) is 4.96. The van der Waals surface area contributed by atoms with Crippen molar-refractivity contribution in [2.45, 2.75) is 75.1 Å². The minimum Gasteiger partial charge on any atom is -0.490 e. The van der Waals surface area contributed by atoms with Crippen molar-refractivity contribution in [3.8, 4) is 5.75 Å². The predicted octanol–water partition coefficient (Wildman–Crippen LogP) is 5.23. The Morgan fingerprint density at radius 1 is 1.20 bits per heavy atom. The third-order valence-corrected chi connectivity index (χ3v) is 13.8. The third-order valence-electron chi connectivity index (χ3n) is 11.6. The molecule has 4 aliphatic rings. The van der Waals surface area contributed by atoms with Crippen LogP contribution >= 0.6 is 11.6 Å². The zero-order valence-corrected chi connectivity index (χ0v) is 30.5. The number of aryl methyl sites for hydroxylation is 1. The summed E-state index contributed by atoms with van der Waals surface area (Å²) in [6.07, 6.45) is 7.84. The molecule has 13 heteroatoms. The second-order valence-electron chi connectivity index (χ2n) is 14.9. The van der Waals surface area contributed by atoms with E-state index < -0.39 is 32.7 Å². The lowest BCUT2D eigenvalue weighted by molar-refractivity contribution is -0.138. The number of halogens is 1. The lowest BCUT2D eigenvalue weighted by Gasteiger charge is -2.49. The highest BCUT2D eigenvalue weighted by atomic mass is 35.5. The standard InChI is InChI=1S/C37H47ClN4O7S/c1-24-6-4-15-37(45,20-34(43)41(3)17-16-39-46)31-11-8-28(31)21-42-22-36(14-5-7-26-18-29(38)10-12-30(26)36)23-49-33-13-9-27(19-32(33)42)35(44)40-50(47,48)25(24)2/h4,9-10,12-13,15,18-19,24-25,28,31,45H,5-8,11,14,16-17,20-23H2,1-3H3,(H,40,44)/b15-4+/t24-,25+,28-,31+,36-,37-/m0/s1. The van der Waals surface area contributed by atoms with Crippen molar-refractivity contribution in [3.05, 3.63) is 75.2 Å². The number of fused-ring (bicyclic) bond motifs is 4. The van der Waals surface area contributed by atoms with Crippen LogP contribution in [0.15, 0.2) is 53.7 Å². The third kappa shape index (κ3) is 7.16. The largest absolute Gasteiger partial charge is 0.490 e. The van der Waals surface area contributed by atoms with E-state index in [2.05, 4.69) is 20.9 Å². The summed E-state index contributed by atoms with van der Waals surface area (Å²) in [5, 5.41) is 15.0. The lowest BCUT2D eigenvalue weighted by Crippen LogP contribution is -2.53. The number of rotatable bonds is 5. The second-order valence-corrected chi connectivity index (χ2v) is 17.3. The van der Waals surface area contributed by atoms with Crippen molar-refractivity contribution in [1.29, 1.82) is 0 Å². The first kappa shape index (κ1) is 36.3. The molecule has 0 saturated heterocycles. The van der Waals surface area contributed by atoms with Crippen LogP contribution in [0.1, 0.15) is 73.9 Å². The fourth-order valence-electron chi connectivity index (χ4n) is 8.26. The van der Waals surface area contributed by atoms with Crippen LogP contribution in [0.5, 0.6) is 5.75 Å². The van der Waals surface area contributed by atoms with Gasteiger partial charge >= 0.3 is 0 Å². The molecule has 11 nitrogen and oxygen atoms in total. The van der Waals surface area contributed by atoms with Gasteiger partial charge in [-0.3, -0.25) is 9.59 Å². The Kier molecular flexibility index (Phi) is 10.4. The molecule has 2 bridgehead atoms. The molecule has 0 aromatic heterocycles. The summed E-state index contributed by atoms with van der Waals surface area (Å²) in [7, 11) is -2.46. The smallest absolute Gasteiger partial charge is 0.264 e. The average molecular weight is 727 g/mol. The van der Waals surface area contributed by atoms with Gasteiger partial charge in [0.15, 0.2) is 0 Å². The summed E-state index contributed by atoms with van der Waals surface area (Å²) in [6, 6.07) is 11.1. The number of likely N-dealkylation sites (N-methyl/N-ethyl adjacent to an activating group) is 1. The molecule has 0 radical (unpaired) electrons. The normalized spacial score (nSPS) is 31.1. The number of anilines is 1. The van der Waals surface area contributed by atoms with Crippen molar-refractivity contribution < 1.29 is 27.9 Å². The van der Waals surface area contributed by atoms with Crippen LogP contribution in [-0.4, -0.2) is 80.9 Å². The molecule has 2 aliphatic carbocycles. The first-order valence-corrected chi connectivity index (χ1v) is 19.5. The molecule has 2 aromatic carbocycles. The number of carbonyl (C=O) groups excluding carboxylic acids is 2. The van der Waals surface area contributed by atoms with Crippen LogP contribution in [0, 0.1) is 22.7 Å². The molecule has 1 saturated carbocycles. The first-order chi connectivity index (χ1) is 23.7. The summed E-state index contributed by atoms with van der Waals surface area (Å²) in [4.78, 5) is 41.3. The van der Waals surface area contributed by atoms with Crippen LogP contribution in [0.2, 0.25) is 5.02 Å². The van der Waals surface area contributed by atoms with E-state index in [9.17, 15) is 28.0 Å². The number of aliphatic hydroxyl groups is 1. The van der Waals surface area contributed by atoms with Crippen LogP contribution in [-0.2, 0) is 26.7 Å². The number of hydrogen-bond donors (Lipinski definition) is 2. The molecule has 2 aromatic rings. The van der Waals surface area contributed by atoms with Crippen molar-refractivity contribution >= 4 is 39.1 Å². The van der Waals surface area contributed by atoms with Crippen LogP contribution in [0.3, 0.4) is 0 Å². The molecule has 2 aliphatic heterocycles. The van der Waals surface area contributed by atoms with Crippen molar-refractivity contribution in [2.75, 3.05) is 44.7 Å². The average Bonchev–Trinajstić information content (AvgIpc) is 3.21. The number of hydrogen-bond acceptors (Lipinski definition) is 9. The number of amides is 2. The summed E-state index contributed by atoms with van der Waals surface area (Å²) < 4.78 is 35.7. The number of benzene rings is 2. The van der Waals surface area contributed by atoms with E-state index >= 15 is 0 Å². The molecule has 270 valence electrons. The summed E-state index contributed by atoms with van der Waals surface area (Å²) in [5.74, 6) is -1.08. The van der Waals surface area contributed by atoms with Gasteiger partial charge in [0, 0.05) is 42.7 Å². The van der Waals surface area contributed by atoms with Gasteiger partial charge in [0.1, 0.15) is 5.75 Å². The van der Waals surface area contributed by atoms with Gasteiger partial charge < -0.3 is 19.6 Å². The highest BCUT2D eigenvalue weighted by Gasteiger charge is 2.49. The molecule has 50 heavy (non-hydrogen) atoms. The first-order valence-electron chi connectivity index (χ1n) is 17.5. The molecule has 2 N–H and O–H groups in total. The number of nitrogens with one attached hydrogen (secondary N) is 1. The number of sulfonamides is 1. The maximum atomic E-state index is 13.5. The van der Waals surface area contributed by atoms with Crippen molar-refractivity contribution in [3.63, 3.8) is 0 Å². The second kappa shape index (κ2) is 14.3. The summed E-state index contributed by atoms with van der Waals surface area (Å²) in [5.41, 5.74) is 1.38. The highest BCUT2D eigenvalue weighted by Crippen LogP contribution is 2.49. The van der Waals surface area contributed by atoms with Gasteiger partial charge in [-0.15, -0.1) is 0 Å².